The Morgan fingerprint density at radius 1 is 1.21 bits per heavy atom. The Morgan fingerprint density at radius 3 is 2.76 bits per heavy atom. The van der Waals surface area contributed by atoms with Crippen LogP contribution in [0.5, 0.6) is 0 Å². The topological polar surface area (TPSA) is 169 Å². The van der Waals surface area contributed by atoms with Gasteiger partial charge in [-0.05, 0) is 36.1 Å². The highest BCUT2D eigenvalue weighted by Crippen LogP contribution is 2.36. The molecule has 1 aromatic carbocycles. The average molecular weight is 603 g/mol. The van der Waals surface area contributed by atoms with E-state index in [0.717, 1.165) is 34.1 Å². The van der Waals surface area contributed by atoms with Crippen LogP contribution in [0.15, 0.2) is 36.7 Å². The third-order valence-electron chi connectivity index (χ3n) is 7.81. The summed E-state index contributed by atoms with van der Waals surface area (Å²) in [4.78, 5) is 36.7. The molecule has 42 heavy (non-hydrogen) atoms. The minimum Gasteiger partial charge on any atom is -0.394 e. The number of ether oxygens (including phenoxy) is 2. The summed E-state index contributed by atoms with van der Waals surface area (Å²) in [6, 6.07) is 7.54. The van der Waals surface area contributed by atoms with E-state index < -0.39 is 37.3 Å². The van der Waals surface area contributed by atoms with Crippen molar-refractivity contribution in [2.45, 2.75) is 56.9 Å². The van der Waals surface area contributed by atoms with Crippen LogP contribution >= 0.6 is 11.6 Å². The number of aliphatic hydroxyl groups excluding tert-OH is 4. The SMILES string of the molecule is CCc1c[nH]c2ncc(-c3cccc(N4CCN(C(=O)CCCO[C@@H]5O[C@H](CO)[C@@H](O)[C@H](O)[C@H]5O)CC4=O)c3)c(Cl)c12. The number of hydrogen-bond acceptors (Lipinski definition) is 9. The summed E-state index contributed by atoms with van der Waals surface area (Å²) >= 11 is 6.81. The molecule has 0 saturated carbocycles. The molecule has 3 aromatic rings. The molecule has 2 aliphatic heterocycles. The molecule has 12 nitrogen and oxygen atoms in total. The molecule has 2 amide bonds. The summed E-state index contributed by atoms with van der Waals surface area (Å²) < 4.78 is 10.8. The standard InChI is InChI=1S/C29H35ClN4O8/c1-2-16-12-31-28-23(16)24(30)19(13-32-28)17-5-3-6-18(11-17)34-9-8-33(14-22(34)37)21(36)7-4-10-41-29-27(40)26(39)25(38)20(15-35)42-29/h3,5-6,11-13,20,25-27,29,35,38-40H,2,4,7-10,14-15H2,1H3,(H,31,32)/t20-,25-,26+,27-,29-/m1/s1. The van der Waals surface area contributed by atoms with E-state index in [-0.39, 0.29) is 37.8 Å². The van der Waals surface area contributed by atoms with Crippen molar-refractivity contribution in [3.8, 4) is 11.1 Å². The zero-order chi connectivity index (χ0) is 30.0. The molecule has 0 bridgehead atoms. The van der Waals surface area contributed by atoms with Gasteiger partial charge in [-0.2, -0.15) is 0 Å². The van der Waals surface area contributed by atoms with Gasteiger partial charge in [0.15, 0.2) is 6.29 Å². The number of halogens is 1. The summed E-state index contributed by atoms with van der Waals surface area (Å²) in [6.45, 7) is 2.16. The lowest BCUT2D eigenvalue weighted by atomic mass is 9.99. The maximum atomic E-state index is 13.1. The van der Waals surface area contributed by atoms with Crippen LogP contribution in [0.1, 0.15) is 25.3 Å². The normalized spacial score (nSPS) is 24.9. The number of rotatable bonds is 9. The molecule has 0 radical (unpaired) electrons. The first-order valence-corrected chi connectivity index (χ1v) is 14.4. The maximum Gasteiger partial charge on any atom is 0.246 e. The van der Waals surface area contributed by atoms with Crippen molar-refractivity contribution in [3.05, 3.63) is 47.2 Å². The molecule has 0 aliphatic carbocycles. The molecule has 4 heterocycles. The fraction of sp³-hybridized carbons (Fsp3) is 0.483. The van der Waals surface area contributed by atoms with E-state index in [2.05, 4.69) is 16.9 Å². The lowest BCUT2D eigenvalue weighted by Gasteiger charge is -2.39. The average Bonchev–Trinajstić information content (AvgIpc) is 3.43. The van der Waals surface area contributed by atoms with Gasteiger partial charge in [0.1, 0.15) is 36.6 Å². The summed E-state index contributed by atoms with van der Waals surface area (Å²) in [5.41, 5.74) is 4.12. The van der Waals surface area contributed by atoms with Crippen LogP contribution in [0.25, 0.3) is 22.2 Å². The Balaban J connectivity index is 1.16. The van der Waals surface area contributed by atoms with Crippen LogP contribution < -0.4 is 4.90 Å². The molecule has 2 saturated heterocycles. The summed E-state index contributed by atoms with van der Waals surface area (Å²) in [5, 5.41) is 40.6. The van der Waals surface area contributed by atoms with Gasteiger partial charge < -0.3 is 44.7 Å². The van der Waals surface area contributed by atoms with E-state index in [4.69, 9.17) is 21.1 Å². The van der Waals surface area contributed by atoms with E-state index in [1.165, 1.54) is 4.90 Å². The highest BCUT2D eigenvalue weighted by atomic mass is 35.5. The van der Waals surface area contributed by atoms with Gasteiger partial charge in [0.05, 0.1) is 18.2 Å². The second-order valence-corrected chi connectivity index (χ2v) is 10.8. The number of nitrogens with zero attached hydrogens (tertiary/aromatic N) is 3. The molecule has 13 heteroatoms. The molecular formula is C29H35ClN4O8. The first-order chi connectivity index (χ1) is 20.2. The van der Waals surface area contributed by atoms with Crippen LogP contribution in [-0.4, -0.2) is 111 Å². The quantitative estimate of drug-likeness (QED) is 0.226. The smallest absolute Gasteiger partial charge is 0.246 e. The summed E-state index contributed by atoms with van der Waals surface area (Å²) in [5.74, 6) is -0.415. The van der Waals surface area contributed by atoms with Crippen molar-refractivity contribution in [1.82, 2.24) is 14.9 Å². The highest BCUT2D eigenvalue weighted by Gasteiger charge is 2.44. The fourth-order valence-electron chi connectivity index (χ4n) is 5.39. The van der Waals surface area contributed by atoms with Crippen molar-refractivity contribution in [2.24, 2.45) is 0 Å². The molecular weight excluding hydrogens is 568 g/mol. The number of carbonyl (C=O) groups is 2. The van der Waals surface area contributed by atoms with Crippen molar-refractivity contribution in [3.63, 3.8) is 0 Å². The molecule has 5 rings (SSSR count). The predicted molar refractivity (Wildman–Crippen MR) is 154 cm³/mol. The van der Waals surface area contributed by atoms with Gasteiger partial charge in [-0.3, -0.25) is 9.59 Å². The Morgan fingerprint density at radius 2 is 2.02 bits per heavy atom. The molecule has 5 atom stereocenters. The number of hydrogen-bond donors (Lipinski definition) is 5. The van der Waals surface area contributed by atoms with E-state index in [1.54, 1.807) is 11.1 Å². The molecule has 2 aliphatic rings. The van der Waals surface area contributed by atoms with Crippen molar-refractivity contribution < 1.29 is 39.5 Å². The van der Waals surface area contributed by atoms with Gasteiger partial charge in [0.2, 0.25) is 11.8 Å². The van der Waals surface area contributed by atoms with Gasteiger partial charge in [-0.1, -0.05) is 30.7 Å². The van der Waals surface area contributed by atoms with Crippen LogP contribution in [0, 0.1) is 0 Å². The Kier molecular flexibility index (Phi) is 9.43. The minimum absolute atomic E-state index is 0.0286. The minimum atomic E-state index is -1.53. The van der Waals surface area contributed by atoms with Gasteiger partial charge in [-0.25, -0.2) is 4.98 Å². The van der Waals surface area contributed by atoms with E-state index >= 15 is 0 Å². The Labute approximate surface area is 247 Å². The number of aromatic nitrogens is 2. The molecule has 0 spiro atoms. The Hall–Kier alpha value is -3.10. The number of piperazine rings is 1. The summed E-state index contributed by atoms with van der Waals surface area (Å²) in [6.07, 6.45) is -1.98. The first kappa shape index (κ1) is 30.4. The van der Waals surface area contributed by atoms with Crippen molar-refractivity contribution in [2.75, 3.05) is 37.7 Å². The van der Waals surface area contributed by atoms with Crippen LogP contribution in [-0.2, 0) is 25.5 Å². The first-order valence-electron chi connectivity index (χ1n) is 14.0. The molecule has 2 fully saturated rings. The molecule has 226 valence electrons. The third-order valence-corrected chi connectivity index (χ3v) is 8.20. The zero-order valence-corrected chi connectivity index (χ0v) is 23.9. The number of aromatic amines is 1. The summed E-state index contributed by atoms with van der Waals surface area (Å²) in [7, 11) is 0. The van der Waals surface area contributed by atoms with Crippen LogP contribution in [0.3, 0.4) is 0 Å². The molecule has 0 unspecified atom stereocenters. The largest absolute Gasteiger partial charge is 0.394 e. The second kappa shape index (κ2) is 13.0. The zero-order valence-electron chi connectivity index (χ0n) is 23.1. The monoisotopic (exact) mass is 602 g/mol. The van der Waals surface area contributed by atoms with Crippen molar-refractivity contribution in [1.29, 1.82) is 0 Å². The fourth-order valence-corrected chi connectivity index (χ4v) is 5.75. The Bertz CT molecular complexity index is 1430. The number of pyridine rings is 1. The predicted octanol–water partition coefficient (Wildman–Crippen LogP) is 1.22. The molecule has 2 aromatic heterocycles. The van der Waals surface area contributed by atoms with Crippen LogP contribution in [0.4, 0.5) is 5.69 Å². The number of carbonyl (C=O) groups excluding carboxylic acids is 2. The van der Waals surface area contributed by atoms with E-state index in [9.17, 15) is 30.0 Å². The number of anilines is 1. The van der Waals surface area contributed by atoms with Gasteiger partial charge in [-0.15, -0.1) is 0 Å². The molecule has 5 N–H and O–H groups in total. The van der Waals surface area contributed by atoms with Gasteiger partial charge in [0, 0.05) is 48.5 Å². The van der Waals surface area contributed by atoms with Gasteiger partial charge in [0.25, 0.3) is 0 Å². The second-order valence-electron chi connectivity index (χ2n) is 10.5. The number of aliphatic hydroxyl groups is 4. The van der Waals surface area contributed by atoms with E-state index in [1.807, 2.05) is 30.5 Å². The number of H-pyrrole nitrogens is 1. The number of aryl methyl sites for hydroxylation is 1. The number of nitrogens with one attached hydrogen (secondary N) is 1. The number of benzene rings is 1. The lowest BCUT2D eigenvalue weighted by Crippen LogP contribution is -2.59. The van der Waals surface area contributed by atoms with Crippen LogP contribution in [0.2, 0.25) is 5.02 Å². The van der Waals surface area contributed by atoms with E-state index in [0.29, 0.717) is 23.8 Å². The maximum absolute atomic E-state index is 13.1. The number of fused-ring (bicyclic) bond motifs is 1. The lowest BCUT2D eigenvalue weighted by molar-refractivity contribution is -0.301. The van der Waals surface area contributed by atoms with Gasteiger partial charge >= 0.3 is 0 Å². The number of amides is 2. The van der Waals surface area contributed by atoms with Crippen molar-refractivity contribution >= 4 is 40.1 Å². The highest BCUT2D eigenvalue weighted by molar-refractivity contribution is 6.38. The third kappa shape index (κ3) is 6.02.